The number of hydrogen-bond donors (Lipinski definition) is 5. The first-order chi connectivity index (χ1) is 7.52. The number of carboxylic acid groups (broad SMARTS) is 1. The highest BCUT2D eigenvalue weighted by Crippen LogP contribution is 2.35. The van der Waals surface area contributed by atoms with Crippen LogP contribution >= 0.6 is 0 Å². The van der Waals surface area contributed by atoms with E-state index >= 15 is 0 Å². The Morgan fingerprint density at radius 1 is 1.12 bits per heavy atom. The smallest absolute Gasteiger partial charge is 0.335 e. The zero-order valence-electron chi connectivity index (χ0n) is 8.52. The molecule has 9 heteroatoms. The molecule has 0 unspecified atom stereocenters. The third kappa shape index (κ3) is 6.22. The standard InChI is InChI=1S/C7H6O5.CH4O3S/c8-4-1-3(7(11)12)2-5(9)6(4)10;1-5(2,3)4/h1-2,8-10H,(H,11,12);1H3,(H,2,3,4). The molecule has 8 nitrogen and oxygen atoms in total. The Balaban J connectivity index is 0.000000437. The summed E-state index contributed by atoms with van der Waals surface area (Å²) in [7, 11) is -3.67. The second-order valence-electron chi connectivity index (χ2n) is 2.90. The van der Waals surface area contributed by atoms with Gasteiger partial charge in [0.05, 0.1) is 11.8 Å². The fourth-order valence-electron chi connectivity index (χ4n) is 0.728. The molecular weight excluding hydrogens is 256 g/mol. The maximum Gasteiger partial charge on any atom is 0.335 e. The Hall–Kier alpha value is -2.00. The molecule has 0 saturated heterocycles. The molecule has 0 aliphatic rings. The van der Waals surface area contributed by atoms with Gasteiger partial charge in [0.2, 0.25) is 0 Å². The summed E-state index contributed by atoms with van der Waals surface area (Å²) >= 11 is 0. The first kappa shape index (κ1) is 15.0. The van der Waals surface area contributed by atoms with E-state index in [0.29, 0.717) is 6.26 Å². The molecule has 0 atom stereocenters. The maximum absolute atomic E-state index is 10.3. The van der Waals surface area contributed by atoms with Gasteiger partial charge in [-0.1, -0.05) is 0 Å². The molecule has 1 rings (SSSR count). The molecule has 17 heavy (non-hydrogen) atoms. The highest BCUT2D eigenvalue weighted by molar-refractivity contribution is 7.85. The van der Waals surface area contributed by atoms with Crippen molar-refractivity contribution in [2.24, 2.45) is 0 Å². The summed E-state index contributed by atoms with van der Waals surface area (Å²) in [6.45, 7) is 0. The lowest BCUT2D eigenvalue weighted by Crippen LogP contribution is -1.95. The van der Waals surface area contributed by atoms with Gasteiger partial charge in [0.1, 0.15) is 0 Å². The molecule has 0 radical (unpaired) electrons. The lowest BCUT2D eigenvalue weighted by molar-refractivity contribution is 0.0696. The quantitative estimate of drug-likeness (QED) is 0.352. The molecule has 1 aromatic rings. The second kappa shape index (κ2) is 5.37. The van der Waals surface area contributed by atoms with Gasteiger partial charge in [-0.2, -0.15) is 8.42 Å². The van der Waals surface area contributed by atoms with Gasteiger partial charge in [-0.25, -0.2) is 4.79 Å². The number of phenols is 3. The molecular formula is C8H10O8S. The molecule has 96 valence electrons. The van der Waals surface area contributed by atoms with Gasteiger partial charge >= 0.3 is 5.97 Å². The van der Waals surface area contributed by atoms with E-state index in [1.54, 1.807) is 0 Å². The molecule has 0 aliphatic carbocycles. The summed E-state index contributed by atoms with van der Waals surface area (Å²) in [6.07, 6.45) is 0.715. The third-order valence-electron chi connectivity index (χ3n) is 1.32. The summed E-state index contributed by atoms with van der Waals surface area (Å²) in [6, 6.07) is 1.69. The second-order valence-corrected chi connectivity index (χ2v) is 4.37. The molecule has 0 bridgehead atoms. The minimum absolute atomic E-state index is 0.289. The minimum Gasteiger partial charge on any atom is -0.504 e. The van der Waals surface area contributed by atoms with Gasteiger partial charge in [0.25, 0.3) is 10.1 Å². The Kier molecular flexibility index (Phi) is 4.73. The van der Waals surface area contributed by atoms with E-state index in [-0.39, 0.29) is 5.56 Å². The highest BCUT2D eigenvalue weighted by atomic mass is 32.2. The number of aromatic carboxylic acids is 1. The lowest BCUT2D eigenvalue weighted by Gasteiger charge is -2.01. The number of benzene rings is 1. The van der Waals surface area contributed by atoms with E-state index in [0.717, 1.165) is 12.1 Å². The molecule has 5 N–H and O–H groups in total. The number of aromatic hydroxyl groups is 3. The van der Waals surface area contributed by atoms with Crippen molar-refractivity contribution in [3.05, 3.63) is 17.7 Å². The number of carbonyl (C=O) groups is 1. The van der Waals surface area contributed by atoms with Gasteiger partial charge in [0, 0.05) is 0 Å². The number of rotatable bonds is 1. The van der Waals surface area contributed by atoms with Crippen LogP contribution in [0.25, 0.3) is 0 Å². The SMILES string of the molecule is CS(=O)(=O)O.O=C(O)c1cc(O)c(O)c(O)c1. The maximum atomic E-state index is 10.3. The van der Waals surface area contributed by atoms with Gasteiger partial charge in [-0.15, -0.1) is 0 Å². The van der Waals surface area contributed by atoms with E-state index in [2.05, 4.69) is 0 Å². The van der Waals surface area contributed by atoms with Crippen LogP contribution in [0.15, 0.2) is 12.1 Å². The first-order valence-electron chi connectivity index (χ1n) is 3.93. The van der Waals surface area contributed by atoms with Gasteiger partial charge in [0.15, 0.2) is 17.2 Å². The largest absolute Gasteiger partial charge is 0.504 e. The van der Waals surface area contributed by atoms with Crippen LogP contribution in [-0.2, 0) is 10.1 Å². The van der Waals surface area contributed by atoms with Gasteiger partial charge in [-0.3, -0.25) is 4.55 Å². The molecule has 0 amide bonds. The summed E-state index contributed by atoms with van der Waals surface area (Å²) in [5.41, 5.74) is -0.289. The Morgan fingerprint density at radius 2 is 1.41 bits per heavy atom. The van der Waals surface area contributed by atoms with Crippen molar-refractivity contribution in [3.8, 4) is 17.2 Å². The minimum atomic E-state index is -3.67. The summed E-state index contributed by atoms with van der Waals surface area (Å²) in [5, 5.41) is 35.0. The zero-order chi connectivity index (χ0) is 13.8. The van der Waals surface area contributed by atoms with Crippen LogP contribution in [0.3, 0.4) is 0 Å². The predicted molar refractivity (Wildman–Crippen MR) is 55.9 cm³/mol. The Morgan fingerprint density at radius 3 is 1.65 bits per heavy atom. The van der Waals surface area contributed by atoms with Crippen LogP contribution in [0.1, 0.15) is 10.4 Å². The fourth-order valence-corrected chi connectivity index (χ4v) is 0.728. The van der Waals surface area contributed by atoms with Crippen molar-refractivity contribution in [1.82, 2.24) is 0 Å². The number of carboxylic acids is 1. The Labute approximate surface area is 96.1 Å². The van der Waals surface area contributed by atoms with E-state index in [9.17, 15) is 13.2 Å². The molecule has 1 aromatic carbocycles. The van der Waals surface area contributed by atoms with Crippen LogP contribution < -0.4 is 0 Å². The molecule has 0 heterocycles. The van der Waals surface area contributed by atoms with Crippen molar-refractivity contribution in [1.29, 1.82) is 0 Å². The lowest BCUT2D eigenvalue weighted by atomic mass is 10.2. The van der Waals surface area contributed by atoms with Crippen LogP contribution in [0, 0.1) is 0 Å². The van der Waals surface area contributed by atoms with Crippen molar-refractivity contribution >= 4 is 16.1 Å². The Bertz CT molecular complexity index is 487. The van der Waals surface area contributed by atoms with Crippen molar-refractivity contribution in [2.75, 3.05) is 6.26 Å². The molecule has 0 fully saturated rings. The summed E-state index contributed by atoms with van der Waals surface area (Å²) in [5.74, 6) is -3.33. The highest BCUT2D eigenvalue weighted by Gasteiger charge is 2.11. The van der Waals surface area contributed by atoms with E-state index in [4.69, 9.17) is 25.0 Å². The average Bonchev–Trinajstić information content (AvgIpc) is 2.10. The predicted octanol–water partition coefficient (Wildman–Crippen LogP) is 0.00560. The molecule has 0 spiro atoms. The molecule has 0 aliphatic heterocycles. The summed E-state index contributed by atoms with van der Waals surface area (Å²) in [4.78, 5) is 10.3. The van der Waals surface area contributed by atoms with Crippen LogP contribution in [-0.4, -0.2) is 45.6 Å². The van der Waals surface area contributed by atoms with Gasteiger partial charge in [-0.05, 0) is 12.1 Å². The first-order valence-corrected chi connectivity index (χ1v) is 5.78. The molecule has 0 aromatic heterocycles. The van der Waals surface area contributed by atoms with Crippen molar-refractivity contribution in [2.45, 2.75) is 0 Å². The van der Waals surface area contributed by atoms with E-state index in [1.807, 2.05) is 0 Å². The fraction of sp³-hybridized carbons (Fsp3) is 0.125. The normalized spacial score (nSPS) is 10.2. The van der Waals surface area contributed by atoms with Crippen LogP contribution in [0.5, 0.6) is 17.2 Å². The van der Waals surface area contributed by atoms with Crippen LogP contribution in [0.4, 0.5) is 0 Å². The van der Waals surface area contributed by atoms with Crippen molar-refractivity contribution in [3.63, 3.8) is 0 Å². The number of phenolic OH excluding ortho intramolecular Hbond substituents is 3. The third-order valence-corrected chi connectivity index (χ3v) is 1.32. The topological polar surface area (TPSA) is 152 Å². The zero-order valence-corrected chi connectivity index (χ0v) is 9.34. The molecule has 0 saturated carbocycles. The van der Waals surface area contributed by atoms with E-state index in [1.165, 1.54) is 0 Å². The van der Waals surface area contributed by atoms with Crippen molar-refractivity contribution < 1.29 is 38.2 Å². The summed E-state index contributed by atoms with van der Waals surface area (Å²) < 4.78 is 25.9. The monoisotopic (exact) mass is 266 g/mol. The number of hydrogen-bond acceptors (Lipinski definition) is 6. The van der Waals surface area contributed by atoms with E-state index < -0.39 is 33.3 Å². The van der Waals surface area contributed by atoms with Gasteiger partial charge < -0.3 is 20.4 Å². The van der Waals surface area contributed by atoms with Crippen LogP contribution in [0.2, 0.25) is 0 Å². The average molecular weight is 266 g/mol.